The van der Waals surface area contributed by atoms with Crippen molar-refractivity contribution < 1.29 is 13.6 Å². The van der Waals surface area contributed by atoms with Crippen LogP contribution in [0.5, 0.6) is 0 Å². The standard InChI is InChI=1S/C27H17Cl2N3O3S/c28-20-10-6-17(14-21(20)29)26-31-22-15-18(7-11-24(22)35-26)30-27(36)32-25(33)13-9-19-8-12-23(34-19)16-4-2-1-3-5-16/h1-15H,(H2,30,32,33,36)/b13-9+. The molecule has 0 unspecified atom stereocenters. The van der Waals surface area contributed by atoms with Gasteiger partial charge in [0.25, 0.3) is 0 Å². The molecule has 2 heterocycles. The first kappa shape index (κ1) is 23.8. The number of fused-ring (bicyclic) bond motifs is 1. The number of oxazole rings is 1. The van der Waals surface area contributed by atoms with Crippen molar-refractivity contribution >= 4 is 69.3 Å². The Kier molecular flexibility index (Phi) is 6.86. The molecule has 178 valence electrons. The Morgan fingerprint density at radius 2 is 1.72 bits per heavy atom. The third kappa shape index (κ3) is 5.49. The first-order valence-corrected chi connectivity index (χ1v) is 11.9. The van der Waals surface area contributed by atoms with Crippen LogP contribution in [0, 0.1) is 0 Å². The Bertz CT molecular complexity index is 1610. The molecule has 0 fully saturated rings. The number of hydrogen-bond donors (Lipinski definition) is 2. The Balaban J connectivity index is 1.21. The van der Waals surface area contributed by atoms with Gasteiger partial charge in [0.15, 0.2) is 10.7 Å². The highest BCUT2D eigenvalue weighted by molar-refractivity contribution is 7.80. The van der Waals surface area contributed by atoms with E-state index in [-0.39, 0.29) is 5.11 Å². The fourth-order valence-corrected chi connectivity index (χ4v) is 3.95. The Morgan fingerprint density at radius 1 is 0.889 bits per heavy atom. The predicted molar refractivity (Wildman–Crippen MR) is 147 cm³/mol. The zero-order chi connectivity index (χ0) is 25.1. The molecule has 1 amide bonds. The summed E-state index contributed by atoms with van der Waals surface area (Å²) >= 11 is 17.4. The number of nitrogens with zero attached hydrogens (tertiary/aromatic N) is 1. The largest absolute Gasteiger partial charge is 0.457 e. The third-order valence-electron chi connectivity index (χ3n) is 5.13. The normalized spacial score (nSPS) is 11.2. The first-order valence-electron chi connectivity index (χ1n) is 10.8. The number of carbonyl (C=O) groups is 1. The van der Waals surface area contributed by atoms with E-state index in [1.807, 2.05) is 36.4 Å². The van der Waals surface area contributed by atoms with E-state index in [2.05, 4.69) is 15.6 Å². The van der Waals surface area contributed by atoms with E-state index in [1.165, 1.54) is 6.08 Å². The van der Waals surface area contributed by atoms with Crippen molar-refractivity contribution in [2.45, 2.75) is 0 Å². The van der Waals surface area contributed by atoms with Gasteiger partial charge in [-0.05, 0) is 66.8 Å². The summed E-state index contributed by atoms with van der Waals surface area (Å²) in [6.07, 6.45) is 2.93. The van der Waals surface area contributed by atoms with E-state index in [4.69, 9.17) is 44.3 Å². The molecule has 0 saturated carbocycles. The number of thiocarbonyl (C=S) groups is 1. The van der Waals surface area contributed by atoms with Crippen molar-refractivity contribution in [1.29, 1.82) is 0 Å². The second kappa shape index (κ2) is 10.4. The highest BCUT2D eigenvalue weighted by Gasteiger charge is 2.11. The number of rotatable bonds is 5. The van der Waals surface area contributed by atoms with Crippen molar-refractivity contribution in [2.75, 3.05) is 5.32 Å². The number of anilines is 1. The van der Waals surface area contributed by atoms with Crippen LogP contribution in [-0.2, 0) is 4.79 Å². The van der Waals surface area contributed by atoms with Crippen molar-refractivity contribution in [3.63, 3.8) is 0 Å². The third-order valence-corrected chi connectivity index (χ3v) is 6.08. The average Bonchev–Trinajstić information content (AvgIpc) is 3.52. The lowest BCUT2D eigenvalue weighted by Crippen LogP contribution is -2.32. The van der Waals surface area contributed by atoms with Gasteiger partial charge in [0.1, 0.15) is 17.0 Å². The van der Waals surface area contributed by atoms with E-state index in [9.17, 15) is 4.79 Å². The molecule has 5 aromatic rings. The number of nitrogens with one attached hydrogen (secondary N) is 2. The second-order valence-electron chi connectivity index (χ2n) is 7.68. The van der Waals surface area contributed by atoms with Crippen LogP contribution in [0.15, 0.2) is 93.8 Å². The molecule has 2 N–H and O–H groups in total. The summed E-state index contributed by atoms with van der Waals surface area (Å²) in [5.41, 5.74) is 3.51. The Labute approximate surface area is 221 Å². The maximum Gasteiger partial charge on any atom is 0.250 e. The lowest BCUT2D eigenvalue weighted by molar-refractivity contribution is -0.115. The number of benzene rings is 3. The van der Waals surface area contributed by atoms with E-state index in [1.54, 1.807) is 48.5 Å². The van der Waals surface area contributed by atoms with Gasteiger partial charge >= 0.3 is 0 Å². The smallest absolute Gasteiger partial charge is 0.250 e. The summed E-state index contributed by atoms with van der Waals surface area (Å²) in [4.78, 5) is 16.8. The van der Waals surface area contributed by atoms with Crippen molar-refractivity contribution in [2.24, 2.45) is 0 Å². The molecule has 0 atom stereocenters. The summed E-state index contributed by atoms with van der Waals surface area (Å²) < 4.78 is 11.6. The predicted octanol–water partition coefficient (Wildman–Crippen LogP) is 7.59. The number of amides is 1. The Hall–Kier alpha value is -3.91. The van der Waals surface area contributed by atoms with E-state index in [0.717, 1.165) is 11.3 Å². The van der Waals surface area contributed by atoms with Gasteiger partial charge in [-0.1, -0.05) is 53.5 Å². The van der Waals surface area contributed by atoms with E-state index >= 15 is 0 Å². The van der Waals surface area contributed by atoms with Crippen LogP contribution in [0.4, 0.5) is 5.69 Å². The molecular formula is C27H17Cl2N3O3S. The van der Waals surface area contributed by atoms with Crippen LogP contribution in [0.25, 0.3) is 40.0 Å². The monoisotopic (exact) mass is 533 g/mol. The summed E-state index contributed by atoms with van der Waals surface area (Å²) in [5, 5.41) is 6.59. The van der Waals surface area contributed by atoms with Gasteiger partial charge in [-0.3, -0.25) is 10.1 Å². The number of furan rings is 1. The van der Waals surface area contributed by atoms with Gasteiger partial charge in [0, 0.05) is 22.9 Å². The van der Waals surface area contributed by atoms with Gasteiger partial charge in [-0.25, -0.2) is 4.98 Å². The van der Waals surface area contributed by atoms with Crippen LogP contribution in [0.2, 0.25) is 10.0 Å². The van der Waals surface area contributed by atoms with Crippen molar-refractivity contribution in [1.82, 2.24) is 10.3 Å². The molecular weight excluding hydrogens is 517 g/mol. The van der Waals surface area contributed by atoms with Crippen molar-refractivity contribution in [3.05, 3.63) is 101 Å². The SMILES string of the molecule is O=C(/C=C/c1ccc(-c2ccccc2)o1)NC(=S)Nc1ccc2oc(-c3ccc(Cl)c(Cl)c3)nc2c1. The van der Waals surface area contributed by atoms with Crippen LogP contribution >= 0.6 is 35.4 Å². The minimum absolute atomic E-state index is 0.140. The van der Waals surface area contributed by atoms with Gasteiger partial charge in [-0.15, -0.1) is 0 Å². The molecule has 0 saturated heterocycles. The molecule has 2 aromatic heterocycles. The topological polar surface area (TPSA) is 80.3 Å². The molecule has 9 heteroatoms. The molecule has 0 aliphatic heterocycles. The molecule has 5 rings (SSSR count). The summed E-state index contributed by atoms with van der Waals surface area (Å²) in [7, 11) is 0. The molecule has 3 aromatic carbocycles. The van der Waals surface area contributed by atoms with Crippen LogP contribution in [0.1, 0.15) is 5.76 Å². The highest BCUT2D eigenvalue weighted by atomic mass is 35.5. The van der Waals surface area contributed by atoms with Gasteiger partial charge in [0.05, 0.1) is 10.0 Å². The van der Waals surface area contributed by atoms with Gasteiger partial charge < -0.3 is 14.2 Å². The van der Waals surface area contributed by atoms with E-state index in [0.29, 0.717) is 44.0 Å². The van der Waals surface area contributed by atoms with Gasteiger partial charge in [0.2, 0.25) is 11.8 Å². The minimum atomic E-state index is -0.394. The summed E-state index contributed by atoms with van der Waals surface area (Å²) in [6.45, 7) is 0. The number of halogens is 2. The Morgan fingerprint density at radius 3 is 2.53 bits per heavy atom. The molecule has 0 aliphatic carbocycles. The average molecular weight is 534 g/mol. The molecule has 0 bridgehead atoms. The van der Waals surface area contributed by atoms with Crippen LogP contribution < -0.4 is 10.6 Å². The second-order valence-corrected chi connectivity index (χ2v) is 8.90. The summed E-state index contributed by atoms with van der Waals surface area (Å²) in [5.74, 6) is 1.29. The molecule has 36 heavy (non-hydrogen) atoms. The molecule has 0 aliphatic rings. The van der Waals surface area contributed by atoms with E-state index < -0.39 is 5.91 Å². The zero-order valence-corrected chi connectivity index (χ0v) is 20.8. The summed E-state index contributed by atoms with van der Waals surface area (Å²) in [6, 6.07) is 23.8. The maximum atomic E-state index is 12.3. The van der Waals surface area contributed by atoms with Crippen LogP contribution in [0.3, 0.4) is 0 Å². The minimum Gasteiger partial charge on any atom is -0.457 e. The molecule has 6 nitrogen and oxygen atoms in total. The highest BCUT2D eigenvalue weighted by Crippen LogP contribution is 2.31. The fraction of sp³-hybridized carbons (Fsp3) is 0. The number of hydrogen-bond acceptors (Lipinski definition) is 5. The lowest BCUT2D eigenvalue weighted by atomic mass is 10.2. The van der Waals surface area contributed by atoms with Crippen molar-refractivity contribution in [3.8, 4) is 22.8 Å². The number of aromatic nitrogens is 1. The van der Waals surface area contributed by atoms with Crippen LogP contribution in [-0.4, -0.2) is 16.0 Å². The van der Waals surface area contributed by atoms with Gasteiger partial charge in [-0.2, -0.15) is 0 Å². The zero-order valence-electron chi connectivity index (χ0n) is 18.5. The lowest BCUT2D eigenvalue weighted by Gasteiger charge is -2.07. The maximum absolute atomic E-state index is 12.3. The first-order chi connectivity index (χ1) is 17.4. The quantitative estimate of drug-likeness (QED) is 0.179. The number of carbonyl (C=O) groups excluding carboxylic acids is 1. The molecule has 0 radical (unpaired) electrons. The fourth-order valence-electron chi connectivity index (χ4n) is 3.43. The molecule has 0 spiro atoms.